The van der Waals surface area contributed by atoms with E-state index in [1.807, 2.05) is 19.9 Å². The van der Waals surface area contributed by atoms with Crippen LogP contribution in [0, 0.1) is 27.7 Å². The lowest BCUT2D eigenvalue weighted by molar-refractivity contribution is 0.392. The summed E-state index contributed by atoms with van der Waals surface area (Å²) in [5.74, 6) is 0.625. The van der Waals surface area contributed by atoms with Gasteiger partial charge in [-0.2, -0.15) is 9.78 Å². The van der Waals surface area contributed by atoms with E-state index < -0.39 is 10.0 Å². The van der Waals surface area contributed by atoms with Gasteiger partial charge in [-0.15, -0.1) is 0 Å². The molecule has 2 heterocycles. The third-order valence-corrected chi connectivity index (χ3v) is 6.63. The molecule has 0 aliphatic heterocycles. The number of nitrogens with zero attached hydrogens (tertiary/aromatic N) is 3. The van der Waals surface area contributed by atoms with Gasteiger partial charge < -0.3 is 9.26 Å². The fraction of sp³-hybridized carbons (Fsp3) is 0.208. The molecule has 176 valence electrons. The minimum absolute atomic E-state index is 0.0523. The summed E-state index contributed by atoms with van der Waals surface area (Å²) in [4.78, 5) is 12.4. The summed E-state index contributed by atoms with van der Waals surface area (Å²) in [5.41, 5.74) is 3.80. The van der Waals surface area contributed by atoms with Gasteiger partial charge >= 0.3 is 0 Å². The summed E-state index contributed by atoms with van der Waals surface area (Å²) in [6.07, 6.45) is 0. The van der Waals surface area contributed by atoms with Gasteiger partial charge in [0, 0.05) is 17.3 Å². The predicted molar refractivity (Wildman–Crippen MR) is 128 cm³/mol. The van der Waals surface area contributed by atoms with E-state index in [9.17, 15) is 13.2 Å². The van der Waals surface area contributed by atoms with Crippen molar-refractivity contribution < 1.29 is 17.7 Å². The second-order valence-corrected chi connectivity index (χ2v) is 9.64. The molecule has 0 fully saturated rings. The summed E-state index contributed by atoms with van der Waals surface area (Å²) in [6.45, 7) is 7.19. The van der Waals surface area contributed by atoms with Crippen LogP contribution in [0.15, 0.2) is 62.7 Å². The zero-order valence-electron chi connectivity index (χ0n) is 19.4. The molecule has 10 heteroatoms. The highest BCUT2D eigenvalue weighted by Gasteiger charge is 2.22. The van der Waals surface area contributed by atoms with Gasteiger partial charge in [-0.05, 0) is 75.2 Å². The van der Waals surface area contributed by atoms with Gasteiger partial charge in [0.15, 0.2) is 5.76 Å². The molecule has 2 aromatic carbocycles. The van der Waals surface area contributed by atoms with E-state index in [1.165, 1.54) is 30.0 Å². The van der Waals surface area contributed by atoms with Crippen LogP contribution in [-0.2, 0) is 10.0 Å². The van der Waals surface area contributed by atoms with Crippen molar-refractivity contribution in [2.45, 2.75) is 32.6 Å². The van der Waals surface area contributed by atoms with Crippen LogP contribution >= 0.6 is 0 Å². The molecule has 0 radical (unpaired) electrons. The van der Waals surface area contributed by atoms with Crippen LogP contribution in [-0.4, -0.2) is 30.5 Å². The number of hydrogen-bond donors (Lipinski definition) is 1. The number of aromatic nitrogens is 3. The first-order valence-corrected chi connectivity index (χ1v) is 11.9. The molecular formula is C24H24N4O5S. The van der Waals surface area contributed by atoms with Crippen molar-refractivity contribution in [3.63, 3.8) is 0 Å². The maximum absolute atomic E-state index is 13.3. The van der Waals surface area contributed by atoms with Crippen molar-refractivity contribution in [1.82, 2.24) is 14.9 Å². The largest absolute Gasteiger partial charge is 0.495 e. The Hall–Kier alpha value is -3.92. The average Bonchev–Trinajstić information content (AvgIpc) is 3.10. The van der Waals surface area contributed by atoms with Gasteiger partial charge in [-0.3, -0.25) is 9.52 Å². The molecule has 0 amide bonds. The van der Waals surface area contributed by atoms with Crippen LogP contribution < -0.4 is 15.0 Å². The Morgan fingerprint density at radius 1 is 0.971 bits per heavy atom. The zero-order chi connectivity index (χ0) is 24.6. The predicted octanol–water partition coefficient (Wildman–Crippen LogP) is 3.93. The van der Waals surface area contributed by atoms with Gasteiger partial charge in [0.2, 0.25) is 0 Å². The lowest BCUT2D eigenvalue weighted by atomic mass is 10.1. The first-order chi connectivity index (χ1) is 16.1. The van der Waals surface area contributed by atoms with E-state index >= 15 is 0 Å². The summed E-state index contributed by atoms with van der Waals surface area (Å²) >= 11 is 0. The highest BCUT2D eigenvalue weighted by atomic mass is 32.2. The number of nitrogens with one attached hydrogen (secondary N) is 1. The average molecular weight is 481 g/mol. The van der Waals surface area contributed by atoms with Crippen LogP contribution in [0.1, 0.15) is 22.6 Å². The Morgan fingerprint density at radius 2 is 1.68 bits per heavy atom. The maximum atomic E-state index is 13.3. The smallest absolute Gasteiger partial charge is 0.271 e. The molecule has 9 nitrogen and oxygen atoms in total. The van der Waals surface area contributed by atoms with Gasteiger partial charge in [0.25, 0.3) is 15.6 Å². The van der Waals surface area contributed by atoms with Crippen LogP contribution in [0.25, 0.3) is 16.9 Å². The maximum Gasteiger partial charge on any atom is 0.271 e. The van der Waals surface area contributed by atoms with Gasteiger partial charge in [0.05, 0.1) is 12.8 Å². The van der Waals surface area contributed by atoms with Crippen molar-refractivity contribution in [2.75, 3.05) is 11.8 Å². The minimum Gasteiger partial charge on any atom is -0.495 e. The van der Waals surface area contributed by atoms with E-state index in [2.05, 4.69) is 15.0 Å². The normalized spacial score (nSPS) is 11.4. The number of methoxy groups -OCH3 is 1. The molecule has 4 aromatic rings. The molecule has 34 heavy (non-hydrogen) atoms. The summed E-state index contributed by atoms with van der Waals surface area (Å²) in [7, 11) is -2.59. The quantitative estimate of drug-likeness (QED) is 0.444. The summed E-state index contributed by atoms with van der Waals surface area (Å²) in [6, 6.07) is 13.1. The fourth-order valence-electron chi connectivity index (χ4n) is 3.80. The Balaban J connectivity index is 1.81. The molecule has 0 aliphatic carbocycles. The Bertz CT molecular complexity index is 1510. The molecule has 0 atom stereocenters. The van der Waals surface area contributed by atoms with Crippen molar-refractivity contribution in [1.29, 1.82) is 0 Å². The highest BCUT2D eigenvalue weighted by Crippen LogP contribution is 2.31. The topological polar surface area (TPSA) is 116 Å². The second kappa shape index (κ2) is 8.79. The Kier molecular flexibility index (Phi) is 6.01. The SMILES string of the molecule is COc1ccc(-c2ccc(=O)n(-c3c(C)noc3C)n2)cc1S(=O)(=O)Nc1cc(C)cc(C)c1. The van der Waals surface area contributed by atoms with E-state index in [-0.39, 0.29) is 16.2 Å². The van der Waals surface area contributed by atoms with Crippen LogP contribution in [0.5, 0.6) is 5.75 Å². The first kappa shape index (κ1) is 23.2. The third-order valence-electron chi connectivity index (χ3n) is 5.23. The zero-order valence-corrected chi connectivity index (χ0v) is 20.2. The van der Waals surface area contributed by atoms with Crippen molar-refractivity contribution in [2.24, 2.45) is 0 Å². The molecule has 0 saturated carbocycles. The lowest BCUT2D eigenvalue weighted by Crippen LogP contribution is -2.21. The van der Waals surface area contributed by atoms with Gasteiger partial charge in [-0.1, -0.05) is 11.2 Å². The monoisotopic (exact) mass is 480 g/mol. The number of ether oxygens (including phenoxy) is 1. The minimum atomic E-state index is -3.99. The summed E-state index contributed by atoms with van der Waals surface area (Å²) in [5, 5.41) is 8.32. The molecular weight excluding hydrogens is 456 g/mol. The first-order valence-electron chi connectivity index (χ1n) is 10.4. The van der Waals surface area contributed by atoms with Gasteiger partial charge in [-0.25, -0.2) is 8.42 Å². The van der Waals surface area contributed by atoms with Crippen LogP contribution in [0.2, 0.25) is 0 Å². The molecule has 1 N–H and O–H groups in total. The van der Waals surface area contributed by atoms with Crippen LogP contribution in [0.4, 0.5) is 5.69 Å². The number of anilines is 1. The molecule has 0 unspecified atom stereocenters. The van der Waals surface area contributed by atoms with Crippen molar-refractivity contribution >= 4 is 15.7 Å². The second-order valence-electron chi connectivity index (χ2n) is 7.99. The Labute approximate surface area is 197 Å². The number of benzene rings is 2. The molecule has 0 spiro atoms. The van der Waals surface area contributed by atoms with E-state index in [1.54, 1.807) is 38.1 Å². The highest BCUT2D eigenvalue weighted by molar-refractivity contribution is 7.92. The summed E-state index contributed by atoms with van der Waals surface area (Å²) < 4.78 is 40.9. The Morgan fingerprint density at radius 3 is 2.29 bits per heavy atom. The third kappa shape index (κ3) is 4.44. The number of sulfonamides is 1. The lowest BCUT2D eigenvalue weighted by Gasteiger charge is -2.14. The van der Waals surface area contributed by atoms with Crippen LogP contribution in [0.3, 0.4) is 0 Å². The number of aryl methyl sites for hydroxylation is 4. The fourth-order valence-corrected chi connectivity index (χ4v) is 5.03. The standard InChI is InChI=1S/C24H24N4O5S/c1-14-10-15(2)12-19(11-14)27-34(30,31)22-13-18(6-8-21(22)32-5)20-7-9-23(29)28(25-20)24-16(3)26-33-17(24)4/h6-13,27H,1-5H3. The molecule has 4 rings (SSSR count). The van der Waals surface area contributed by atoms with Crippen molar-refractivity contribution in [3.05, 3.63) is 81.5 Å². The molecule has 0 aliphatic rings. The van der Waals surface area contributed by atoms with E-state index in [0.29, 0.717) is 34.1 Å². The number of rotatable bonds is 6. The van der Waals surface area contributed by atoms with Gasteiger partial charge in [0.1, 0.15) is 22.0 Å². The molecule has 0 bridgehead atoms. The molecule has 2 aromatic heterocycles. The van der Waals surface area contributed by atoms with E-state index in [0.717, 1.165) is 11.1 Å². The number of hydrogen-bond acceptors (Lipinski definition) is 7. The molecule has 0 saturated heterocycles. The van der Waals surface area contributed by atoms with Crippen molar-refractivity contribution in [3.8, 4) is 22.7 Å². The van der Waals surface area contributed by atoms with E-state index in [4.69, 9.17) is 9.26 Å².